The van der Waals surface area contributed by atoms with E-state index in [0.717, 1.165) is 5.56 Å². The second-order valence-corrected chi connectivity index (χ2v) is 3.52. The topological polar surface area (TPSA) is 56.0 Å². The molecule has 0 amide bonds. The van der Waals surface area contributed by atoms with Crippen LogP contribution in [0.2, 0.25) is 0 Å². The maximum Gasteiger partial charge on any atom is 0.0991 e. The number of hydrogen-bond donors (Lipinski definition) is 2. The Hall–Kier alpha value is -1.37. The van der Waals surface area contributed by atoms with E-state index in [4.69, 9.17) is 10.4 Å². The van der Waals surface area contributed by atoms with E-state index >= 15 is 0 Å². The van der Waals surface area contributed by atoms with Crippen LogP contribution in [-0.4, -0.2) is 17.8 Å². The molecule has 0 saturated heterocycles. The Balaban J connectivity index is 2.65. The largest absolute Gasteiger partial charge is 0.392 e. The summed E-state index contributed by atoms with van der Waals surface area (Å²) >= 11 is 0. The van der Waals surface area contributed by atoms with Gasteiger partial charge in [-0.2, -0.15) is 5.26 Å². The van der Waals surface area contributed by atoms with Gasteiger partial charge in [0.05, 0.1) is 17.7 Å². The van der Waals surface area contributed by atoms with Crippen molar-refractivity contribution in [2.24, 2.45) is 0 Å². The molecule has 3 heteroatoms. The minimum absolute atomic E-state index is 0.106. The van der Waals surface area contributed by atoms with Crippen LogP contribution in [0.4, 0.5) is 0 Å². The lowest BCUT2D eigenvalue weighted by molar-refractivity contribution is 0.212. The molecule has 1 aromatic rings. The second kappa shape index (κ2) is 5.50. The van der Waals surface area contributed by atoms with Gasteiger partial charge in [0, 0.05) is 12.6 Å². The standard InChI is InChI=1S/C12H15N2O/c1-9(15)8-14-10(2)12-5-3-4-11(6-12)7-13/h3-6,9-10,14-15H,1,8H2,2H3/t9-,10-/m0/s1. The van der Waals surface area contributed by atoms with Crippen molar-refractivity contribution in [3.63, 3.8) is 0 Å². The Bertz CT molecular complexity index is 355. The number of nitriles is 1. The van der Waals surface area contributed by atoms with Crippen molar-refractivity contribution in [2.45, 2.75) is 19.1 Å². The van der Waals surface area contributed by atoms with Crippen LogP contribution in [0.15, 0.2) is 24.3 Å². The highest BCUT2D eigenvalue weighted by molar-refractivity contribution is 5.33. The average Bonchev–Trinajstić information content (AvgIpc) is 2.26. The molecule has 1 rings (SSSR count). The number of nitrogens with one attached hydrogen (secondary N) is 1. The molecular weight excluding hydrogens is 188 g/mol. The molecule has 0 spiro atoms. The Kier molecular flexibility index (Phi) is 4.29. The van der Waals surface area contributed by atoms with Crippen LogP contribution >= 0.6 is 0 Å². The normalized spacial score (nSPS) is 14.3. The van der Waals surface area contributed by atoms with Gasteiger partial charge in [-0.05, 0) is 31.5 Å². The van der Waals surface area contributed by atoms with E-state index in [2.05, 4.69) is 18.3 Å². The Morgan fingerprint density at radius 1 is 1.60 bits per heavy atom. The summed E-state index contributed by atoms with van der Waals surface area (Å²) in [4.78, 5) is 0. The summed E-state index contributed by atoms with van der Waals surface area (Å²) in [5, 5.41) is 20.9. The highest BCUT2D eigenvalue weighted by atomic mass is 16.3. The number of nitrogens with zero attached hydrogens (tertiary/aromatic N) is 1. The van der Waals surface area contributed by atoms with E-state index in [9.17, 15) is 0 Å². The molecule has 0 unspecified atom stereocenters. The van der Waals surface area contributed by atoms with Gasteiger partial charge in [0.15, 0.2) is 0 Å². The summed E-state index contributed by atoms with van der Waals surface area (Å²) in [6, 6.07) is 9.62. The molecule has 0 heterocycles. The van der Waals surface area contributed by atoms with Crippen molar-refractivity contribution >= 4 is 0 Å². The SMILES string of the molecule is [CH2][C@H](O)CN[C@@H](C)c1cccc(C#N)c1. The fourth-order valence-corrected chi connectivity index (χ4v) is 1.31. The van der Waals surface area contributed by atoms with Gasteiger partial charge in [0.2, 0.25) is 0 Å². The number of rotatable bonds is 4. The number of aliphatic hydroxyl groups is 1. The third-order valence-electron chi connectivity index (χ3n) is 2.18. The van der Waals surface area contributed by atoms with E-state index in [1.165, 1.54) is 0 Å². The molecule has 2 atom stereocenters. The maximum atomic E-state index is 9.02. The molecular formula is C12H15N2O. The fraction of sp³-hybridized carbons (Fsp3) is 0.333. The fourth-order valence-electron chi connectivity index (χ4n) is 1.31. The molecule has 0 fully saturated rings. The minimum atomic E-state index is -0.605. The number of benzene rings is 1. The molecule has 1 aromatic carbocycles. The summed E-state index contributed by atoms with van der Waals surface area (Å²) in [5.74, 6) is 0. The summed E-state index contributed by atoms with van der Waals surface area (Å²) in [5.41, 5.74) is 1.69. The lowest BCUT2D eigenvalue weighted by atomic mass is 10.1. The van der Waals surface area contributed by atoms with Crippen LogP contribution in [-0.2, 0) is 0 Å². The third kappa shape index (κ3) is 3.70. The van der Waals surface area contributed by atoms with Gasteiger partial charge < -0.3 is 10.4 Å². The highest BCUT2D eigenvalue weighted by Gasteiger charge is 2.06. The Morgan fingerprint density at radius 3 is 2.93 bits per heavy atom. The van der Waals surface area contributed by atoms with Crippen LogP contribution < -0.4 is 5.32 Å². The van der Waals surface area contributed by atoms with Crippen molar-refractivity contribution in [2.75, 3.05) is 6.54 Å². The zero-order chi connectivity index (χ0) is 11.3. The Morgan fingerprint density at radius 2 is 2.33 bits per heavy atom. The van der Waals surface area contributed by atoms with Crippen LogP contribution in [0.25, 0.3) is 0 Å². The summed E-state index contributed by atoms with van der Waals surface area (Å²) < 4.78 is 0. The van der Waals surface area contributed by atoms with Crippen LogP contribution in [0.3, 0.4) is 0 Å². The summed E-state index contributed by atoms with van der Waals surface area (Å²) in [6.45, 7) is 5.91. The Labute approximate surface area is 90.4 Å². The first kappa shape index (κ1) is 11.7. The van der Waals surface area contributed by atoms with Gasteiger partial charge in [0.25, 0.3) is 0 Å². The number of hydrogen-bond acceptors (Lipinski definition) is 3. The molecule has 0 aliphatic heterocycles. The quantitative estimate of drug-likeness (QED) is 0.777. The zero-order valence-corrected chi connectivity index (χ0v) is 8.77. The number of aliphatic hydroxyl groups excluding tert-OH is 1. The van der Waals surface area contributed by atoms with Crippen molar-refractivity contribution in [3.05, 3.63) is 42.3 Å². The van der Waals surface area contributed by atoms with E-state index in [-0.39, 0.29) is 6.04 Å². The molecule has 0 aliphatic rings. The van der Waals surface area contributed by atoms with Crippen molar-refractivity contribution in [1.29, 1.82) is 5.26 Å². The zero-order valence-electron chi connectivity index (χ0n) is 8.77. The van der Waals surface area contributed by atoms with Gasteiger partial charge >= 0.3 is 0 Å². The first-order chi connectivity index (χ1) is 7.13. The predicted octanol–water partition coefficient (Wildman–Crippen LogP) is 1.40. The molecule has 0 aromatic heterocycles. The minimum Gasteiger partial charge on any atom is -0.392 e. The van der Waals surface area contributed by atoms with Gasteiger partial charge in [-0.3, -0.25) is 0 Å². The van der Waals surface area contributed by atoms with E-state index in [1.807, 2.05) is 25.1 Å². The van der Waals surface area contributed by atoms with Gasteiger partial charge in [-0.25, -0.2) is 0 Å². The van der Waals surface area contributed by atoms with Crippen LogP contribution in [0, 0.1) is 18.3 Å². The predicted molar refractivity (Wildman–Crippen MR) is 58.9 cm³/mol. The monoisotopic (exact) mass is 203 g/mol. The third-order valence-corrected chi connectivity index (χ3v) is 2.18. The van der Waals surface area contributed by atoms with Crippen LogP contribution in [0.5, 0.6) is 0 Å². The summed E-state index contributed by atoms with van der Waals surface area (Å²) in [7, 11) is 0. The van der Waals surface area contributed by atoms with Crippen molar-refractivity contribution in [1.82, 2.24) is 5.32 Å². The van der Waals surface area contributed by atoms with E-state index in [0.29, 0.717) is 12.1 Å². The molecule has 0 aliphatic carbocycles. The first-order valence-electron chi connectivity index (χ1n) is 4.88. The van der Waals surface area contributed by atoms with Gasteiger partial charge in [-0.15, -0.1) is 0 Å². The molecule has 0 bridgehead atoms. The summed E-state index contributed by atoms with van der Waals surface area (Å²) in [6.07, 6.45) is -0.605. The molecule has 0 saturated carbocycles. The molecule has 2 N–H and O–H groups in total. The first-order valence-corrected chi connectivity index (χ1v) is 4.88. The molecule has 1 radical (unpaired) electrons. The van der Waals surface area contributed by atoms with Crippen molar-refractivity contribution in [3.8, 4) is 6.07 Å². The van der Waals surface area contributed by atoms with E-state index < -0.39 is 6.10 Å². The lowest BCUT2D eigenvalue weighted by Gasteiger charge is -2.15. The van der Waals surface area contributed by atoms with Crippen molar-refractivity contribution < 1.29 is 5.11 Å². The van der Waals surface area contributed by atoms with Crippen LogP contribution in [0.1, 0.15) is 24.1 Å². The maximum absolute atomic E-state index is 9.02. The molecule has 79 valence electrons. The average molecular weight is 203 g/mol. The van der Waals surface area contributed by atoms with Gasteiger partial charge in [-0.1, -0.05) is 12.1 Å². The molecule has 3 nitrogen and oxygen atoms in total. The smallest absolute Gasteiger partial charge is 0.0991 e. The highest BCUT2D eigenvalue weighted by Crippen LogP contribution is 2.13. The second-order valence-electron chi connectivity index (χ2n) is 3.52. The van der Waals surface area contributed by atoms with E-state index in [1.54, 1.807) is 6.07 Å². The molecule has 15 heavy (non-hydrogen) atoms. The lowest BCUT2D eigenvalue weighted by Crippen LogP contribution is -2.27. The van der Waals surface area contributed by atoms with Gasteiger partial charge in [0.1, 0.15) is 0 Å².